The molecule has 0 N–H and O–H groups in total. The number of para-hydroxylation sites is 3. The van der Waals surface area contributed by atoms with Gasteiger partial charge in [0.1, 0.15) is 11.2 Å². The maximum atomic E-state index is 6.14. The van der Waals surface area contributed by atoms with E-state index < -0.39 is 13.3 Å². The van der Waals surface area contributed by atoms with E-state index in [1.807, 2.05) is 36.4 Å². The minimum absolute atomic E-state index is 0. The van der Waals surface area contributed by atoms with Crippen LogP contribution in [0.25, 0.3) is 94.5 Å². The summed E-state index contributed by atoms with van der Waals surface area (Å²) in [6.07, 6.45) is 6.56. The van der Waals surface area contributed by atoms with E-state index in [0.29, 0.717) is 5.92 Å². The van der Waals surface area contributed by atoms with Crippen LogP contribution in [0.4, 0.5) is 0 Å². The van der Waals surface area contributed by atoms with Crippen molar-refractivity contribution in [1.29, 1.82) is 0 Å². The van der Waals surface area contributed by atoms with E-state index in [0.717, 1.165) is 84.1 Å². The molecule has 0 aliphatic carbocycles. The summed E-state index contributed by atoms with van der Waals surface area (Å²) in [5.41, 5.74) is 17.4. The van der Waals surface area contributed by atoms with Gasteiger partial charge in [-0.05, 0) is 87.7 Å². The molecule has 0 bridgehead atoms. The molecule has 11 aromatic rings. The van der Waals surface area contributed by atoms with E-state index in [1.54, 1.807) is 4.40 Å². The molecule has 0 amide bonds. The van der Waals surface area contributed by atoms with E-state index in [4.69, 9.17) is 18.8 Å². The standard InChI is InChI=1S/C45H35N2O2.C18H24GeN.Ir/c1-27(2)34-24-32(29-12-6-5-7-13-29)25-35(28(3)4)44(34)47-40-16-10-9-15-39(40)46-45(47)38-26-48-41-20-18-30(23-37(38)41)31-19-21-43-36(22-31)33-14-8-11-17-42(33)49-43;1-14(2)11-16-12-18(15-9-7-6-8-10-15)20-13-17(16)19(3,4)5;/h5-25,27-28H,1-4H3;6-9,12-14H,11H2,1-5H3;/q2*-1;. The van der Waals surface area contributed by atoms with Gasteiger partial charge in [0.15, 0.2) is 0 Å². The number of pyridine rings is 1. The average Bonchev–Trinajstić information content (AvgIpc) is 4.06. The van der Waals surface area contributed by atoms with Crippen molar-refractivity contribution in [3.8, 4) is 50.6 Å². The summed E-state index contributed by atoms with van der Waals surface area (Å²) in [4.78, 5) is 9.99. The smallest absolute Gasteiger partial charge is 0.135 e. The van der Waals surface area contributed by atoms with Crippen LogP contribution in [0.15, 0.2) is 173 Å². The summed E-state index contributed by atoms with van der Waals surface area (Å²) in [6, 6.07) is 58.5. The van der Waals surface area contributed by atoms with Crippen LogP contribution in [-0.4, -0.2) is 27.8 Å². The number of aromatic nitrogens is 3. The normalized spacial score (nSPS) is 11.8. The van der Waals surface area contributed by atoms with Gasteiger partial charge in [0, 0.05) is 48.4 Å². The van der Waals surface area contributed by atoms with Gasteiger partial charge in [-0.2, -0.15) is 0 Å². The quantitative estimate of drug-likeness (QED) is 0.101. The molecule has 0 atom stereocenters. The molecule has 0 unspecified atom stereocenters. The van der Waals surface area contributed by atoms with Gasteiger partial charge in [0.05, 0.1) is 16.9 Å². The molecule has 0 aliphatic heterocycles. The summed E-state index contributed by atoms with van der Waals surface area (Å²) < 4.78 is 16.1. The third-order valence-corrected chi connectivity index (χ3v) is 17.5. The van der Waals surface area contributed by atoms with Crippen LogP contribution in [-0.2, 0) is 26.5 Å². The van der Waals surface area contributed by atoms with Crippen LogP contribution >= 0.6 is 0 Å². The zero-order valence-corrected chi connectivity index (χ0v) is 46.0. The van der Waals surface area contributed by atoms with Crippen LogP contribution in [0, 0.1) is 18.2 Å². The van der Waals surface area contributed by atoms with E-state index >= 15 is 0 Å². The molecule has 0 fully saturated rings. The van der Waals surface area contributed by atoms with Crippen molar-refractivity contribution in [3.05, 3.63) is 193 Å². The Hall–Kier alpha value is -6.31. The van der Waals surface area contributed by atoms with E-state index in [2.05, 4.69) is 203 Å². The molecule has 0 aliphatic rings. The zero-order valence-electron chi connectivity index (χ0n) is 41.5. The molecule has 0 spiro atoms. The number of fused-ring (bicyclic) bond motifs is 5. The van der Waals surface area contributed by atoms with Crippen molar-refractivity contribution in [2.75, 3.05) is 0 Å². The van der Waals surface area contributed by atoms with Gasteiger partial charge >= 0.3 is 126 Å². The third kappa shape index (κ3) is 9.62. The maximum Gasteiger partial charge on any atom is 0.135 e. The molecule has 4 aromatic heterocycles. The molecular weight excluding hydrogens is 1100 g/mol. The summed E-state index contributed by atoms with van der Waals surface area (Å²) in [5.74, 6) is 9.36. The van der Waals surface area contributed by atoms with Gasteiger partial charge in [0.25, 0.3) is 0 Å². The van der Waals surface area contributed by atoms with Crippen molar-refractivity contribution in [2.45, 2.75) is 77.1 Å². The van der Waals surface area contributed by atoms with Crippen LogP contribution in [0.2, 0.25) is 17.3 Å². The minimum atomic E-state index is -1.86. The predicted molar refractivity (Wildman–Crippen MR) is 291 cm³/mol. The minimum Gasteiger partial charge on any atom is -0.557 e. The molecule has 7 aromatic carbocycles. The number of furan rings is 2. The second-order valence-corrected chi connectivity index (χ2v) is 31.0. The maximum absolute atomic E-state index is 6.14. The molecule has 0 saturated heterocycles. The van der Waals surface area contributed by atoms with Crippen LogP contribution < -0.4 is 4.40 Å². The van der Waals surface area contributed by atoms with Gasteiger partial charge < -0.3 is 13.4 Å². The Balaban J connectivity index is 0.000000244. The molecule has 1 radical (unpaired) electrons. The molecule has 353 valence electrons. The van der Waals surface area contributed by atoms with Gasteiger partial charge in [-0.3, -0.25) is 4.98 Å². The molecule has 70 heavy (non-hydrogen) atoms. The van der Waals surface area contributed by atoms with Gasteiger partial charge in [-0.25, -0.2) is 0 Å². The molecule has 11 rings (SSSR count). The average molecular weight is 1160 g/mol. The Morgan fingerprint density at radius 3 is 1.93 bits per heavy atom. The number of hydrogen-bond acceptors (Lipinski definition) is 4. The topological polar surface area (TPSA) is 57.0 Å². The molecule has 4 heterocycles. The van der Waals surface area contributed by atoms with Crippen molar-refractivity contribution >= 4 is 61.6 Å². The second-order valence-electron chi connectivity index (χ2n) is 20.4. The number of hydrogen-bond donors (Lipinski definition) is 0. The van der Waals surface area contributed by atoms with Gasteiger partial charge in [0.2, 0.25) is 0 Å². The number of benzene rings is 7. The SMILES string of the molecule is CC(C)Cc1cc(-c2[c-]cccc2)nc[c]1[Ge]([CH3])([CH3])[CH3].CC(C)c1cc(-c2ccccc2)cc(C(C)C)c1-n1c(-c2[c-]oc3ccc(-c4ccc5oc6ccccc6c5c4)cc23)nc2ccccc21.[Ir]. The first-order chi connectivity index (χ1) is 33.3. The van der Waals surface area contributed by atoms with Crippen LogP contribution in [0.5, 0.6) is 0 Å². The monoisotopic (exact) mass is 1160 g/mol. The van der Waals surface area contributed by atoms with Gasteiger partial charge in [-0.15, -0.1) is 0 Å². The molecule has 7 heteroatoms. The van der Waals surface area contributed by atoms with Crippen molar-refractivity contribution in [3.63, 3.8) is 0 Å². The Morgan fingerprint density at radius 1 is 0.600 bits per heavy atom. The third-order valence-electron chi connectivity index (χ3n) is 13.2. The summed E-state index contributed by atoms with van der Waals surface area (Å²) in [7, 11) is 0. The van der Waals surface area contributed by atoms with Crippen molar-refractivity contribution in [2.24, 2.45) is 5.92 Å². The first-order valence-corrected chi connectivity index (χ1v) is 31.7. The van der Waals surface area contributed by atoms with E-state index in [-0.39, 0.29) is 31.9 Å². The molecular formula is C63H59GeIrN3O2-2. The van der Waals surface area contributed by atoms with E-state index in [9.17, 15) is 0 Å². The zero-order chi connectivity index (χ0) is 48.0. The Kier molecular flexibility index (Phi) is 14.1. The van der Waals surface area contributed by atoms with Crippen molar-refractivity contribution < 1.29 is 28.9 Å². The molecule has 0 saturated carbocycles. The number of imidazole rings is 1. The number of nitrogens with zero attached hydrogens (tertiary/aromatic N) is 3. The van der Waals surface area contributed by atoms with Crippen LogP contribution in [0.1, 0.15) is 70.1 Å². The summed E-state index contributed by atoms with van der Waals surface area (Å²) in [5, 5.41) is 3.20. The number of rotatable bonds is 10. The first-order valence-electron chi connectivity index (χ1n) is 24.4. The first kappa shape index (κ1) is 48.7. The van der Waals surface area contributed by atoms with Crippen LogP contribution in [0.3, 0.4) is 0 Å². The summed E-state index contributed by atoms with van der Waals surface area (Å²) >= 11 is -1.86. The Morgan fingerprint density at radius 2 is 1.24 bits per heavy atom. The van der Waals surface area contributed by atoms with Gasteiger partial charge in [-0.1, -0.05) is 124 Å². The van der Waals surface area contributed by atoms with E-state index in [1.165, 1.54) is 33.5 Å². The second kappa shape index (κ2) is 20.2. The Labute approximate surface area is 428 Å². The Bertz CT molecular complexity index is 3590. The summed E-state index contributed by atoms with van der Waals surface area (Å²) in [6.45, 7) is 13.7. The fraction of sp³-hybridized carbons (Fsp3) is 0.206. The molecule has 5 nitrogen and oxygen atoms in total. The van der Waals surface area contributed by atoms with Crippen molar-refractivity contribution in [1.82, 2.24) is 14.5 Å². The predicted octanol–water partition coefficient (Wildman–Crippen LogP) is 17.0. The fourth-order valence-corrected chi connectivity index (χ4v) is 13.1. The largest absolute Gasteiger partial charge is 0.557 e. The fourth-order valence-electron chi connectivity index (χ4n) is 9.74.